The molecular formula is C39H31F2N7O6. The number of carboxylic acid groups (broad SMARTS) is 1. The summed E-state index contributed by atoms with van der Waals surface area (Å²) < 4.78 is 31.8. The molecule has 1 N–H and O–H groups in total. The highest BCUT2D eigenvalue weighted by Crippen LogP contribution is 2.38. The Hall–Kier alpha value is -6.61. The fraction of sp³-hybridized carbons (Fsp3) is 0.205. The topological polar surface area (TPSA) is 154 Å². The van der Waals surface area contributed by atoms with Gasteiger partial charge in [0.1, 0.15) is 22.9 Å². The van der Waals surface area contributed by atoms with Gasteiger partial charge in [-0.15, -0.1) is 0 Å². The third-order valence-corrected chi connectivity index (χ3v) is 9.84. The maximum atomic E-state index is 15.6. The summed E-state index contributed by atoms with van der Waals surface area (Å²) in [5.74, 6) is -2.87. The summed E-state index contributed by atoms with van der Waals surface area (Å²) in [6, 6.07) is 19.7. The zero-order valence-electron chi connectivity index (χ0n) is 28.6. The number of pyridine rings is 1. The van der Waals surface area contributed by atoms with E-state index in [2.05, 4.69) is 9.98 Å². The second-order valence-corrected chi connectivity index (χ2v) is 13.4. The number of halogens is 2. The van der Waals surface area contributed by atoms with Gasteiger partial charge in [0.05, 0.1) is 39.9 Å². The van der Waals surface area contributed by atoms with E-state index in [1.807, 2.05) is 9.80 Å². The lowest BCUT2D eigenvalue weighted by molar-refractivity contribution is -0.384. The van der Waals surface area contributed by atoms with Crippen molar-refractivity contribution in [3.63, 3.8) is 0 Å². The quantitative estimate of drug-likeness (QED) is 0.107. The summed E-state index contributed by atoms with van der Waals surface area (Å²) in [5.41, 5.74) is 2.41. The Balaban J connectivity index is 0.973. The average Bonchev–Trinajstić information content (AvgIpc) is 3.98. The Bertz CT molecular complexity index is 2470. The molecule has 54 heavy (non-hydrogen) atoms. The van der Waals surface area contributed by atoms with Crippen LogP contribution in [0, 0.1) is 21.7 Å². The van der Waals surface area contributed by atoms with Crippen molar-refractivity contribution >= 4 is 63.1 Å². The molecule has 272 valence electrons. The van der Waals surface area contributed by atoms with Crippen LogP contribution in [-0.4, -0.2) is 76.1 Å². The maximum Gasteiger partial charge on any atom is 0.341 e. The van der Waals surface area contributed by atoms with Gasteiger partial charge in [-0.05, 0) is 85.1 Å². The van der Waals surface area contributed by atoms with Gasteiger partial charge in [0.25, 0.3) is 11.6 Å². The van der Waals surface area contributed by atoms with Gasteiger partial charge in [-0.3, -0.25) is 34.5 Å². The van der Waals surface area contributed by atoms with E-state index in [9.17, 15) is 34.0 Å². The number of fused-ring (bicyclic) bond motifs is 2. The first kappa shape index (κ1) is 34.5. The second kappa shape index (κ2) is 13.7. The summed E-state index contributed by atoms with van der Waals surface area (Å²) in [5, 5.41) is 20.5. The Kier molecular flexibility index (Phi) is 8.77. The lowest BCUT2D eigenvalue weighted by Crippen LogP contribution is -2.51. The number of anilines is 2. The van der Waals surface area contributed by atoms with Gasteiger partial charge in [0.2, 0.25) is 5.43 Å². The molecule has 1 saturated carbocycles. The highest BCUT2D eigenvalue weighted by Gasteiger charge is 2.36. The average molecular weight is 732 g/mol. The molecule has 1 saturated heterocycles. The van der Waals surface area contributed by atoms with Crippen molar-refractivity contribution < 1.29 is 28.4 Å². The summed E-state index contributed by atoms with van der Waals surface area (Å²) in [4.78, 5) is 63.4. The number of nitro groups is 1. The molecule has 0 radical (unpaired) electrons. The molecule has 1 amide bonds. The van der Waals surface area contributed by atoms with Crippen LogP contribution in [0.3, 0.4) is 0 Å². The van der Waals surface area contributed by atoms with E-state index in [4.69, 9.17) is 0 Å². The van der Waals surface area contributed by atoms with Crippen LogP contribution in [0.15, 0.2) is 99.8 Å². The predicted molar refractivity (Wildman–Crippen MR) is 199 cm³/mol. The van der Waals surface area contributed by atoms with Crippen molar-refractivity contribution in [2.45, 2.75) is 18.9 Å². The van der Waals surface area contributed by atoms with Crippen molar-refractivity contribution in [1.29, 1.82) is 0 Å². The number of amides is 1. The van der Waals surface area contributed by atoms with E-state index < -0.39 is 33.9 Å². The maximum absolute atomic E-state index is 15.6. The van der Waals surface area contributed by atoms with E-state index in [0.717, 1.165) is 18.9 Å². The van der Waals surface area contributed by atoms with Crippen LogP contribution in [0.4, 0.5) is 37.2 Å². The number of aliphatic imine (C=N–C) groups is 2. The van der Waals surface area contributed by atoms with Gasteiger partial charge < -0.3 is 14.6 Å². The molecule has 2 aliphatic heterocycles. The van der Waals surface area contributed by atoms with Crippen LogP contribution in [-0.2, 0) is 4.79 Å². The largest absolute Gasteiger partial charge is 0.477 e. The van der Waals surface area contributed by atoms with Gasteiger partial charge in [-0.1, -0.05) is 0 Å². The van der Waals surface area contributed by atoms with E-state index in [1.165, 1.54) is 30.5 Å². The molecular weight excluding hydrogens is 700 g/mol. The van der Waals surface area contributed by atoms with Crippen LogP contribution in [0.1, 0.15) is 40.4 Å². The number of carboxylic acids is 1. The van der Waals surface area contributed by atoms with Crippen molar-refractivity contribution in [3.05, 3.63) is 134 Å². The van der Waals surface area contributed by atoms with Gasteiger partial charge in [-0.25, -0.2) is 18.6 Å². The fourth-order valence-electron chi connectivity index (χ4n) is 6.85. The van der Waals surface area contributed by atoms with E-state index in [0.29, 0.717) is 65.6 Å². The second-order valence-electron chi connectivity index (χ2n) is 13.4. The number of aromatic nitrogens is 1. The molecule has 1 aromatic heterocycles. The first-order valence-electron chi connectivity index (χ1n) is 17.2. The summed E-state index contributed by atoms with van der Waals surface area (Å²) in [6.45, 7) is 1.97. The van der Waals surface area contributed by atoms with Crippen LogP contribution in [0.25, 0.3) is 10.9 Å². The molecule has 3 aliphatic rings. The zero-order chi connectivity index (χ0) is 37.7. The number of carbonyl (C=O) groups is 2. The van der Waals surface area contributed by atoms with Gasteiger partial charge in [-0.2, -0.15) is 0 Å². The molecule has 3 heterocycles. The van der Waals surface area contributed by atoms with Crippen molar-refractivity contribution in [2.75, 3.05) is 42.6 Å². The number of hydrogen-bond acceptors (Lipinski definition) is 9. The van der Waals surface area contributed by atoms with Gasteiger partial charge >= 0.3 is 5.97 Å². The molecule has 2 fully saturated rings. The van der Waals surface area contributed by atoms with Crippen LogP contribution >= 0.6 is 0 Å². The SMILES string of the molecule is O=C(O)c1cn(C2CC2)c2cc(N3CCN(CN4C(=O)C(=Nc5ccc(N=Cc6ccc([N+](=O)[O-])cc6)cc5)c5cc(F)ccc54)CC3)c(F)cc2c1=O. The minimum atomic E-state index is -1.35. The Labute approximate surface area is 305 Å². The fourth-order valence-corrected chi connectivity index (χ4v) is 6.85. The number of hydrogen-bond donors (Lipinski definition) is 1. The molecule has 4 aromatic carbocycles. The van der Waals surface area contributed by atoms with E-state index in [1.54, 1.807) is 64.2 Å². The van der Waals surface area contributed by atoms with Gasteiger partial charge in [0, 0.05) is 67.7 Å². The molecule has 8 rings (SSSR count). The lowest BCUT2D eigenvalue weighted by Gasteiger charge is -2.38. The Morgan fingerprint density at radius 3 is 2.28 bits per heavy atom. The molecule has 0 atom stereocenters. The highest BCUT2D eigenvalue weighted by molar-refractivity contribution is 6.54. The van der Waals surface area contributed by atoms with E-state index in [-0.39, 0.29) is 35.1 Å². The lowest BCUT2D eigenvalue weighted by atomic mass is 10.1. The number of aromatic carboxylic acids is 1. The number of nitro benzene ring substituents is 1. The number of carbonyl (C=O) groups excluding carboxylic acids is 1. The molecule has 1 aliphatic carbocycles. The predicted octanol–water partition coefficient (Wildman–Crippen LogP) is 6.22. The van der Waals surface area contributed by atoms with Crippen LogP contribution < -0.4 is 15.2 Å². The Morgan fingerprint density at radius 1 is 0.907 bits per heavy atom. The first-order valence-corrected chi connectivity index (χ1v) is 17.2. The molecule has 0 unspecified atom stereocenters. The minimum absolute atomic E-state index is 0.0165. The molecule has 0 spiro atoms. The van der Waals surface area contributed by atoms with Gasteiger partial charge in [0.15, 0.2) is 0 Å². The van der Waals surface area contributed by atoms with E-state index >= 15 is 4.39 Å². The number of non-ortho nitro benzene ring substituents is 1. The molecule has 5 aromatic rings. The summed E-state index contributed by atoms with van der Waals surface area (Å²) in [7, 11) is 0. The smallest absolute Gasteiger partial charge is 0.341 e. The van der Waals surface area contributed by atoms with Crippen LogP contribution in [0.2, 0.25) is 0 Å². The molecule has 13 nitrogen and oxygen atoms in total. The standard InChI is InChI=1S/C39H31F2N7O6/c40-24-3-12-33-29(17-24)36(43-26-6-4-25(5-7-26)42-20-23-1-8-28(9-2-23)48(53)54)38(50)47(33)22-44-13-15-45(16-14-44)35-19-34-30(18-32(35)41)37(49)31(39(51)52)21-46(34)27-10-11-27/h1-9,12,17-21,27H,10-11,13-16,22H2,(H,51,52). The molecule has 0 bridgehead atoms. The van der Waals surface area contributed by atoms with Crippen molar-refractivity contribution in [2.24, 2.45) is 9.98 Å². The normalized spacial score (nSPS) is 16.9. The number of piperazine rings is 1. The number of nitrogens with zero attached hydrogens (tertiary/aromatic N) is 7. The third kappa shape index (κ3) is 6.60. The molecule has 15 heteroatoms. The Morgan fingerprint density at radius 2 is 1.61 bits per heavy atom. The van der Waals surface area contributed by atoms with Crippen LogP contribution in [0.5, 0.6) is 0 Å². The van der Waals surface area contributed by atoms with Crippen molar-refractivity contribution in [3.8, 4) is 0 Å². The monoisotopic (exact) mass is 731 g/mol. The first-order chi connectivity index (χ1) is 26.0. The highest BCUT2D eigenvalue weighted by atomic mass is 19.1. The number of rotatable bonds is 9. The minimum Gasteiger partial charge on any atom is -0.477 e. The van der Waals surface area contributed by atoms with Crippen molar-refractivity contribution in [1.82, 2.24) is 9.47 Å². The zero-order valence-corrected chi connectivity index (χ0v) is 28.6. The third-order valence-electron chi connectivity index (χ3n) is 9.84. The summed E-state index contributed by atoms with van der Waals surface area (Å²) in [6.07, 6.45) is 4.62. The number of benzene rings is 4. The summed E-state index contributed by atoms with van der Waals surface area (Å²) >= 11 is 0.